The van der Waals surface area contributed by atoms with E-state index in [0.29, 0.717) is 5.95 Å². The Labute approximate surface area is 90.4 Å². The highest BCUT2D eigenvalue weighted by Crippen LogP contribution is 2.21. The number of halogens is 1. The van der Waals surface area contributed by atoms with Crippen molar-refractivity contribution in [3.63, 3.8) is 0 Å². The standard InChI is InChI=1S/C9H11BrN4/c1-13(2)14-8-4-3-6(10)5-7(8)12-9(14)11/h3-5H,1-2H3,(H2,11,12). The molecule has 2 rings (SSSR count). The van der Waals surface area contributed by atoms with Crippen molar-refractivity contribution in [1.29, 1.82) is 0 Å². The number of nitrogens with zero attached hydrogens (tertiary/aromatic N) is 3. The SMILES string of the molecule is CN(C)n1c(N)nc2cc(Br)ccc21. The summed E-state index contributed by atoms with van der Waals surface area (Å²) in [6.07, 6.45) is 0. The lowest BCUT2D eigenvalue weighted by Crippen LogP contribution is -2.26. The van der Waals surface area contributed by atoms with Crippen LogP contribution in [0.1, 0.15) is 0 Å². The summed E-state index contributed by atoms with van der Waals surface area (Å²) in [5.74, 6) is 0.503. The summed E-state index contributed by atoms with van der Waals surface area (Å²) >= 11 is 3.40. The van der Waals surface area contributed by atoms with E-state index in [1.165, 1.54) is 0 Å². The number of imidazole rings is 1. The Balaban J connectivity index is 2.77. The van der Waals surface area contributed by atoms with E-state index in [2.05, 4.69) is 20.9 Å². The van der Waals surface area contributed by atoms with Crippen LogP contribution in [0.15, 0.2) is 22.7 Å². The Kier molecular flexibility index (Phi) is 2.11. The van der Waals surface area contributed by atoms with Crippen LogP contribution in [0.2, 0.25) is 0 Å². The molecule has 14 heavy (non-hydrogen) atoms. The van der Waals surface area contributed by atoms with Gasteiger partial charge in [0, 0.05) is 18.6 Å². The third-order valence-electron chi connectivity index (χ3n) is 2.02. The summed E-state index contributed by atoms with van der Waals surface area (Å²) in [7, 11) is 3.86. The Morgan fingerprint density at radius 3 is 2.79 bits per heavy atom. The van der Waals surface area contributed by atoms with E-state index in [-0.39, 0.29) is 0 Å². The topological polar surface area (TPSA) is 47.1 Å². The fourth-order valence-electron chi connectivity index (χ4n) is 1.48. The number of anilines is 1. The minimum atomic E-state index is 0.503. The molecule has 0 radical (unpaired) electrons. The Morgan fingerprint density at radius 2 is 2.14 bits per heavy atom. The zero-order chi connectivity index (χ0) is 10.3. The van der Waals surface area contributed by atoms with Gasteiger partial charge in [0.1, 0.15) is 0 Å². The lowest BCUT2D eigenvalue weighted by Gasteiger charge is -2.15. The second-order valence-electron chi connectivity index (χ2n) is 3.26. The first-order valence-electron chi connectivity index (χ1n) is 4.20. The van der Waals surface area contributed by atoms with Gasteiger partial charge in [-0.2, -0.15) is 0 Å². The predicted molar refractivity (Wildman–Crippen MR) is 61.9 cm³/mol. The van der Waals surface area contributed by atoms with Gasteiger partial charge in [-0.1, -0.05) is 15.9 Å². The van der Waals surface area contributed by atoms with E-state index in [4.69, 9.17) is 5.73 Å². The molecule has 1 aromatic heterocycles. The number of aromatic nitrogens is 2. The molecule has 0 saturated heterocycles. The van der Waals surface area contributed by atoms with Crippen molar-refractivity contribution in [2.75, 3.05) is 24.8 Å². The van der Waals surface area contributed by atoms with Crippen LogP contribution in [0.4, 0.5) is 5.95 Å². The molecule has 2 aromatic rings. The molecular formula is C9H11BrN4. The van der Waals surface area contributed by atoms with Gasteiger partial charge in [0.2, 0.25) is 5.95 Å². The monoisotopic (exact) mass is 254 g/mol. The maximum absolute atomic E-state index is 5.80. The number of benzene rings is 1. The fraction of sp³-hybridized carbons (Fsp3) is 0.222. The molecule has 0 bridgehead atoms. The fourth-order valence-corrected chi connectivity index (χ4v) is 1.83. The molecule has 0 unspecified atom stereocenters. The average Bonchev–Trinajstić information content (AvgIpc) is 2.39. The second kappa shape index (κ2) is 3.16. The number of rotatable bonds is 1. The smallest absolute Gasteiger partial charge is 0.220 e. The molecule has 74 valence electrons. The van der Waals surface area contributed by atoms with Gasteiger partial charge in [0.05, 0.1) is 11.0 Å². The summed E-state index contributed by atoms with van der Waals surface area (Å²) in [5, 5.41) is 1.90. The molecular weight excluding hydrogens is 244 g/mol. The third kappa shape index (κ3) is 1.33. The van der Waals surface area contributed by atoms with Gasteiger partial charge in [0.25, 0.3) is 0 Å². The predicted octanol–water partition coefficient (Wildman–Crippen LogP) is 1.58. The maximum Gasteiger partial charge on any atom is 0.220 e. The van der Waals surface area contributed by atoms with Crippen molar-refractivity contribution in [1.82, 2.24) is 9.66 Å². The summed E-state index contributed by atoms with van der Waals surface area (Å²) in [4.78, 5) is 4.26. The van der Waals surface area contributed by atoms with Crippen LogP contribution < -0.4 is 10.7 Å². The first-order chi connectivity index (χ1) is 6.59. The van der Waals surface area contributed by atoms with Crippen LogP contribution in [-0.4, -0.2) is 23.8 Å². The summed E-state index contributed by atoms with van der Waals surface area (Å²) in [5.41, 5.74) is 7.70. The van der Waals surface area contributed by atoms with E-state index in [1.807, 2.05) is 42.0 Å². The van der Waals surface area contributed by atoms with Crippen molar-refractivity contribution in [3.8, 4) is 0 Å². The van der Waals surface area contributed by atoms with Crippen LogP contribution in [0.3, 0.4) is 0 Å². The molecule has 1 aromatic carbocycles. The van der Waals surface area contributed by atoms with Gasteiger partial charge in [-0.15, -0.1) is 0 Å². The summed E-state index contributed by atoms with van der Waals surface area (Å²) in [6.45, 7) is 0. The van der Waals surface area contributed by atoms with Gasteiger partial charge in [-0.05, 0) is 18.2 Å². The molecule has 0 aliphatic heterocycles. The van der Waals surface area contributed by atoms with Crippen molar-refractivity contribution in [2.45, 2.75) is 0 Å². The van der Waals surface area contributed by atoms with Crippen LogP contribution in [-0.2, 0) is 0 Å². The number of hydrogen-bond donors (Lipinski definition) is 1. The molecule has 5 heteroatoms. The van der Waals surface area contributed by atoms with Crippen LogP contribution in [0.25, 0.3) is 11.0 Å². The number of nitrogens with two attached hydrogens (primary N) is 1. The number of hydrogen-bond acceptors (Lipinski definition) is 3. The quantitative estimate of drug-likeness (QED) is 0.841. The molecule has 4 nitrogen and oxygen atoms in total. The molecule has 1 heterocycles. The minimum absolute atomic E-state index is 0.503. The number of fused-ring (bicyclic) bond motifs is 1. The van der Waals surface area contributed by atoms with E-state index in [1.54, 1.807) is 0 Å². The van der Waals surface area contributed by atoms with E-state index in [0.717, 1.165) is 15.5 Å². The van der Waals surface area contributed by atoms with Crippen molar-refractivity contribution < 1.29 is 0 Å². The normalized spacial score (nSPS) is 10.8. The van der Waals surface area contributed by atoms with Crippen molar-refractivity contribution in [2.24, 2.45) is 0 Å². The van der Waals surface area contributed by atoms with Gasteiger partial charge < -0.3 is 10.7 Å². The van der Waals surface area contributed by atoms with Crippen LogP contribution in [0.5, 0.6) is 0 Å². The van der Waals surface area contributed by atoms with Gasteiger partial charge in [0.15, 0.2) is 0 Å². The van der Waals surface area contributed by atoms with Gasteiger partial charge in [-0.25, -0.2) is 9.66 Å². The van der Waals surface area contributed by atoms with E-state index >= 15 is 0 Å². The largest absolute Gasteiger partial charge is 0.368 e. The second-order valence-corrected chi connectivity index (χ2v) is 4.18. The molecule has 0 fully saturated rings. The van der Waals surface area contributed by atoms with Gasteiger partial charge in [-0.3, -0.25) is 0 Å². The van der Waals surface area contributed by atoms with E-state index < -0.39 is 0 Å². The average molecular weight is 255 g/mol. The highest BCUT2D eigenvalue weighted by molar-refractivity contribution is 9.10. The molecule has 0 aliphatic carbocycles. The molecule has 0 aliphatic rings. The zero-order valence-corrected chi connectivity index (χ0v) is 9.62. The number of nitrogen functional groups attached to an aromatic ring is 1. The highest BCUT2D eigenvalue weighted by atomic mass is 79.9. The van der Waals surface area contributed by atoms with Crippen LogP contribution in [0, 0.1) is 0 Å². The molecule has 2 N–H and O–H groups in total. The summed E-state index contributed by atoms with van der Waals surface area (Å²) < 4.78 is 2.87. The Bertz CT molecular complexity index is 475. The first kappa shape index (κ1) is 9.33. The minimum Gasteiger partial charge on any atom is -0.368 e. The molecule has 0 amide bonds. The molecule has 0 atom stereocenters. The zero-order valence-electron chi connectivity index (χ0n) is 8.03. The van der Waals surface area contributed by atoms with Crippen molar-refractivity contribution in [3.05, 3.63) is 22.7 Å². The lowest BCUT2D eigenvalue weighted by atomic mass is 10.3. The molecule has 0 saturated carbocycles. The molecule has 0 spiro atoms. The first-order valence-corrected chi connectivity index (χ1v) is 5.00. The van der Waals surface area contributed by atoms with Crippen LogP contribution >= 0.6 is 15.9 Å². The van der Waals surface area contributed by atoms with Crippen molar-refractivity contribution >= 4 is 32.9 Å². The Morgan fingerprint density at radius 1 is 1.43 bits per heavy atom. The third-order valence-corrected chi connectivity index (χ3v) is 2.51. The highest BCUT2D eigenvalue weighted by Gasteiger charge is 2.08. The maximum atomic E-state index is 5.80. The lowest BCUT2D eigenvalue weighted by molar-refractivity contribution is 0.765. The Hall–Kier alpha value is -1.23. The van der Waals surface area contributed by atoms with Gasteiger partial charge >= 0.3 is 0 Å². The van der Waals surface area contributed by atoms with E-state index in [9.17, 15) is 0 Å². The summed E-state index contributed by atoms with van der Waals surface area (Å²) in [6, 6.07) is 5.91.